The molecule has 0 aromatic heterocycles. The van der Waals surface area contributed by atoms with E-state index < -0.39 is 0 Å². The summed E-state index contributed by atoms with van der Waals surface area (Å²) in [6.45, 7) is 6.06. The highest BCUT2D eigenvalue weighted by Gasteiger charge is 2.25. The first-order valence-corrected chi connectivity index (χ1v) is 4.83. The van der Waals surface area contributed by atoms with Crippen LogP contribution in [0, 0.1) is 0 Å². The van der Waals surface area contributed by atoms with Crippen LogP contribution in [0.2, 0.25) is 0 Å². The van der Waals surface area contributed by atoms with Gasteiger partial charge in [0.25, 0.3) is 0 Å². The van der Waals surface area contributed by atoms with Crippen molar-refractivity contribution >= 4 is 5.57 Å². The summed E-state index contributed by atoms with van der Waals surface area (Å²) in [5.41, 5.74) is 4.88. The quantitative estimate of drug-likeness (QED) is 0.753. The molecule has 1 aliphatic rings. The molecule has 1 nitrogen and oxygen atoms in total. The van der Waals surface area contributed by atoms with Crippen molar-refractivity contribution in [2.45, 2.75) is 12.8 Å². The third-order valence-corrected chi connectivity index (χ3v) is 2.95. The van der Waals surface area contributed by atoms with Gasteiger partial charge in [-0.3, -0.25) is 0 Å². The van der Waals surface area contributed by atoms with E-state index in [1.165, 1.54) is 16.7 Å². The van der Waals surface area contributed by atoms with Crippen LogP contribution in [0.4, 0.5) is 0 Å². The van der Waals surface area contributed by atoms with Crippen LogP contribution in [0.3, 0.4) is 0 Å². The van der Waals surface area contributed by atoms with Gasteiger partial charge in [0.05, 0.1) is 6.61 Å². The molecule has 0 saturated carbocycles. The molecule has 1 aromatic rings. The molecule has 2 rings (SSSR count). The van der Waals surface area contributed by atoms with Crippen molar-refractivity contribution in [2.24, 2.45) is 0 Å². The fourth-order valence-corrected chi connectivity index (χ4v) is 2.22. The standard InChI is InChI=1S/C13H14O/c1-3-10-9(2)11-6-4-5-7-12(11)13(10)8-14/h3-7,13-14H,1,8H2,2H3. The Hall–Kier alpha value is -1.34. The third-order valence-electron chi connectivity index (χ3n) is 2.95. The van der Waals surface area contributed by atoms with Crippen LogP contribution in [-0.2, 0) is 0 Å². The van der Waals surface area contributed by atoms with Crippen molar-refractivity contribution in [3.05, 3.63) is 53.6 Å². The molecule has 0 aliphatic heterocycles. The first-order valence-electron chi connectivity index (χ1n) is 4.83. The maximum Gasteiger partial charge on any atom is 0.0540 e. The minimum absolute atomic E-state index is 0.128. The van der Waals surface area contributed by atoms with E-state index in [2.05, 4.69) is 25.6 Å². The molecule has 14 heavy (non-hydrogen) atoms. The van der Waals surface area contributed by atoms with E-state index in [0.717, 1.165) is 5.57 Å². The normalized spacial score (nSPS) is 19.7. The Bertz CT molecular complexity index is 401. The lowest BCUT2D eigenvalue weighted by Gasteiger charge is -2.10. The zero-order valence-electron chi connectivity index (χ0n) is 8.33. The van der Waals surface area contributed by atoms with Gasteiger partial charge in [0.2, 0.25) is 0 Å². The fraction of sp³-hybridized carbons (Fsp3) is 0.231. The van der Waals surface area contributed by atoms with Crippen LogP contribution >= 0.6 is 0 Å². The minimum atomic E-state index is 0.128. The molecule has 1 atom stereocenters. The second-order valence-corrected chi connectivity index (χ2v) is 3.61. The Balaban J connectivity index is 2.61. The van der Waals surface area contributed by atoms with Crippen molar-refractivity contribution < 1.29 is 5.11 Å². The average Bonchev–Trinajstić information content (AvgIpc) is 2.51. The van der Waals surface area contributed by atoms with Gasteiger partial charge in [-0.25, -0.2) is 0 Å². The van der Waals surface area contributed by atoms with Gasteiger partial charge in [-0.2, -0.15) is 0 Å². The molecule has 1 N–H and O–H groups in total. The summed E-state index contributed by atoms with van der Waals surface area (Å²) in [4.78, 5) is 0. The lowest BCUT2D eigenvalue weighted by molar-refractivity contribution is 0.281. The molecule has 0 saturated heterocycles. The van der Waals surface area contributed by atoms with Gasteiger partial charge in [0.15, 0.2) is 0 Å². The van der Waals surface area contributed by atoms with Gasteiger partial charge in [0.1, 0.15) is 0 Å². The summed E-state index contributed by atoms with van der Waals surface area (Å²) in [5.74, 6) is 0.128. The fourth-order valence-electron chi connectivity index (χ4n) is 2.22. The van der Waals surface area contributed by atoms with Crippen molar-refractivity contribution in [3.8, 4) is 0 Å². The first-order chi connectivity index (χ1) is 6.79. The Kier molecular flexibility index (Phi) is 2.26. The van der Waals surface area contributed by atoms with Gasteiger partial charge < -0.3 is 5.11 Å². The van der Waals surface area contributed by atoms with Crippen molar-refractivity contribution in [2.75, 3.05) is 6.61 Å². The maximum atomic E-state index is 9.35. The SMILES string of the molecule is C=CC1=C(C)c2ccccc2C1CO. The summed E-state index contributed by atoms with van der Waals surface area (Å²) < 4.78 is 0. The van der Waals surface area contributed by atoms with Gasteiger partial charge in [-0.05, 0) is 29.2 Å². The Morgan fingerprint density at radius 2 is 2.14 bits per heavy atom. The molecule has 0 amide bonds. The van der Waals surface area contributed by atoms with Crippen LogP contribution in [-0.4, -0.2) is 11.7 Å². The molecule has 72 valence electrons. The lowest BCUT2D eigenvalue weighted by Crippen LogP contribution is -2.02. The van der Waals surface area contributed by atoms with Gasteiger partial charge in [-0.1, -0.05) is 36.9 Å². The maximum absolute atomic E-state index is 9.35. The van der Waals surface area contributed by atoms with E-state index in [0.29, 0.717) is 0 Å². The Morgan fingerprint density at radius 3 is 2.79 bits per heavy atom. The van der Waals surface area contributed by atoms with Crippen LogP contribution in [0.25, 0.3) is 5.57 Å². The topological polar surface area (TPSA) is 20.2 Å². The number of allylic oxidation sites excluding steroid dienone is 2. The molecular weight excluding hydrogens is 172 g/mol. The third kappa shape index (κ3) is 1.13. The molecule has 1 unspecified atom stereocenters. The summed E-state index contributed by atoms with van der Waals surface area (Å²) in [5, 5.41) is 9.35. The molecule has 0 fully saturated rings. The molecule has 1 aliphatic carbocycles. The predicted octanol–water partition coefficient (Wildman–Crippen LogP) is 2.74. The second kappa shape index (κ2) is 3.43. The van der Waals surface area contributed by atoms with Crippen LogP contribution in [0.5, 0.6) is 0 Å². The van der Waals surface area contributed by atoms with E-state index in [4.69, 9.17) is 0 Å². The highest BCUT2D eigenvalue weighted by atomic mass is 16.3. The molecule has 1 aromatic carbocycles. The molecule has 1 heteroatoms. The number of aliphatic hydroxyl groups is 1. The molecule has 0 radical (unpaired) electrons. The number of rotatable bonds is 2. The number of hydrogen-bond donors (Lipinski definition) is 1. The van der Waals surface area contributed by atoms with E-state index in [9.17, 15) is 5.11 Å². The number of benzene rings is 1. The van der Waals surface area contributed by atoms with Gasteiger partial charge in [-0.15, -0.1) is 0 Å². The van der Waals surface area contributed by atoms with Crippen molar-refractivity contribution in [1.82, 2.24) is 0 Å². The van der Waals surface area contributed by atoms with Crippen molar-refractivity contribution in [3.63, 3.8) is 0 Å². The van der Waals surface area contributed by atoms with E-state index in [1.807, 2.05) is 18.2 Å². The summed E-state index contributed by atoms with van der Waals surface area (Å²) >= 11 is 0. The molecular formula is C13H14O. The smallest absolute Gasteiger partial charge is 0.0540 e. The van der Waals surface area contributed by atoms with Gasteiger partial charge >= 0.3 is 0 Å². The van der Waals surface area contributed by atoms with Crippen LogP contribution < -0.4 is 0 Å². The minimum Gasteiger partial charge on any atom is -0.395 e. The predicted molar refractivity (Wildman–Crippen MR) is 59.1 cm³/mol. The summed E-state index contributed by atoms with van der Waals surface area (Å²) in [7, 11) is 0. The molecule has 0 heterocycles. The monoisotopic (exact) mass is 186 g/mol. The zero-order chi connectivity index (χ0) is 10.1. The van der Waals surface area contributed by atoms with E-state index in [-0.39, 0.29) is 12.5 Å². The summed E-state index contributed by atoms with van der Waals surface area (Å²) in [6, 6.07) is 8.23. The summed E-state index contributed by atoms with van der Waals surface area (Å²) in [6.07, 6.45) is 1.86. The zero-order valence-corrected chi connectivity index (χ0v) is 8.33. The van der Waals surface area contributed by atoms with Crippen molar-refractivity contribution in [1.29, 1.82) is 0 Å². The molecule has 0 bridgehead atoms. The van der Waals surface area contributed by atoms with Gasteiger partial charge in [0, 0.05) is 5.92 Å². The highest BCUT2D eigenvalue weighted by Crippen LogP contribution is 2.41. The Morgan fingerprint density at radius 1 is 1.43 bits per heavy atom. The van der Waals surface area contributed by atoms with E-state index >= 15 is 0 Å². The number of fused-ring (bicyclic) bond motifs is 1. The lowest BCUT2D eigenvalue weighted by atomic mass is 9.97. The van der Waals surface area contributed by atoms with Crippen LogP contribution in [0.15, 0.2) is 42.5 Å². The first kappa shape index (κ1) is 9.22. The number of hydrogen-bond acceptors (Lipinski definition) is 1. The van der Waals surface area contributed by atoms with E-state index in [1.54, 1.807) is 0 Å². The van der Waals surface area contributed by atoms with Crippen LogP contribution in [0.1, 0.15) is 24.0 Å². The second-order valence-electron chi connectivity index (χ2n) is 3.61. The number of aliphatic hydroxyl groups excluding tert-OH is 1. The average molecular weight is 186 g/mol. The Labute approximate surface area is 84.4 Å². The largest absolute Gasteiger partial charge is 0.395 e. The molecule has 0 spiro atoms. The highest BCUT2D eigenvalue weighted by molar-refractivity contribution is 5.79.